The molecule has 3 atom stereocenters. The van der Waals surface area contributed by atoms with Gasteiger partial charge in [0.15, 0.2) is 0 Å². The van der Waals surface area contributed by atoms with Crippen molar-refractivity contribution in [3.05, 3.63) is 0 Å². The van der Waals surface area contributed by atoms with Crippen molar-refractivity contribution in [2.75, 3.05) is 13.2 Å². The molecule has 1 rings (SSSR count). The van der Waals surface area contributed by atoms with Gasteiger partial charge < -0.3 is 15.8 Å². The van der Waals surface area contributed by atoms with E-state index in [-0.39, 0.29) is 11.0 Å². The van der Waals surface area contributed by atoms with Crippen molar-refractivity contribution in [1.29, 1.82) is 0 Å². The second-order valence-electron chi connectivity index (χ2n) is 6.34. The molecule has 3 unspecified atom stereocenters. The zero-order valence-electron chi connectivity index (χ0n) is 12.2. The van der Waals surface area contributed by atoms with Crippen LogP contribution in [0, 0.1) is 5.41 Å². The summed E-state index contributed by atoms with van der Waals surface area (Å²) in [5, 5.41) is 3.62. The molecule has 1 aliphatic carbocycles. The fourth-order valence-corrected chi connectivity index (χ4v) is 2.73. The summed E-state index contributed by atoms with van der Waals surface area (Å²) in [5.41, 5.74) is 6.40. The van der Waals surface area contributed by atoms with E-state index in [1.54, 1.807) is 0 Å². The molecule has 102 valence electrons. The smallest absolute Gasteiger partial charge is 0.0655 e. The minimum atomic E-state index is -0.0818. The Morgan fingerprint density at radius 1 is 1.41 bits per heavy atom. The first-order valence-corrected chi connectivity index (χ1v) is 6.97. The molecule has 1 aliphatic rings. The van der Waals surface area contributed by atoms with Gasteiger partial charge in [0.2, 0.25) is 0 Å². The van der Waals surface area contributed by atoms with Crippen LogP contribution >= 0.6 is 0 Å². The molecule has 0 aromatic heterocycles. The Morgan fingerprint density at radius 3 is 2.53 bits per heavy atom. The summed E-state index contributed by atoms with van der Waals surface area (Å²) in [6.07, 6.45) is 3.73. The topological polar surface area (TPSA) is 47.3 Å². The Bertz CT molecular complexity index is 238. The summed E-state index contributed by atoms with van der Waals surface area (Å²) in [5.74, 6) is 0. The molecule has 0 heterocycles. The van der Waals surface area contributed by atoms with E-state index >= 15 is 0 Å². The molecule has 3 heteroatoms. The first-order chi connectivity index (χ1) is 7.83. The molecule has 1 saturated carbocycles. The summed E-state index contributed by atoms with van der Waals surface area (Å²) in [7, 11) is 0. The van der Waals surface area contributed by atoms with Gasteiger partial charge in [-0.2, -0.15) is 0 Å². The van der Waals surface area contributed by atoms with Crippen LogP contribution in [-0.4, -0.2) is 30.8 Å². The lowest BCUT2D eigenvalue weighted by molar-refractivity contribution is -0.114. The van der Waals surface area contributed by atoms with Crippen LogP contribution in [0.5, 0.6) is 0 Å². The molecule has 1 fully saturated rings. The minimum Gasteiger partial charge on any atom is -0.378 e. The van der Waals surface area contributed by atoms with E-state index in [0.29, 0.717) is 12.1 Å². The largest absolute Gasteiger partial charge is 0.378 e. The summed E-state index contributed by atoms with van der Waals surface area (Å²) in [4.78, 5) is 0. The Balaban J connectivity index is 2.35. The molecule has 0 spiro atoms. The van der Waals surface area contributed by atoms with E-state index < -0.39 is 0 Å². The van der Waals surface area contributed by atoms with Gasteiger partial charge in [-0.3, -0.25) is 0 Å². The van der Waals surface area contributed by atoms with Gasteiger partial charge in [-0.05, 0) is 26.7 Å². The Labute approximate surface area is 106 Å². The van der Waals surface area contributed by atoms with Crippen LogP contribution in [0.1, 0.15) is 53.9 Å². The quantitative estimate of drug-likeness (QED) is 0.720. The van der Waals surface area contributed by atoms with Crippen LogP contribution < -0.4 is 11.1 Å². The average Bonchev–Trinajstić information content (AvgIpc) is 2.22. The summed E-state index contributed by atoms with van der Waals surface area (Å²) in [6.45, 7) is 12.6. The van der Waals surface area contributed by atoms with Gasteiger partial charge >= 0.3 is 0 Å². The van der Waals surface area contributed by atoms with Crippen LogP contribution in [0.3, 0.4) is 0 Å². The first-order valence-electron chi connectivity index (χ1n) is 6.97. The van der Waals surface area contributed by atoms with Gasteiger partial charge in [-0.15, -0.1) is 0 Å². The lowest BCUT2D eigenvalue weighted by Crippen LogP contribution is -2.63. The number of nitrogens with two attached hydrogens (primary N) is 1. The minimum absolute atomic E-state index is 0.0818. The molecule has 0 amide bonds. The van der Waals surface area contributed by atoms with Crippen LogP contribution in [0.2, 0.25) is 0 Å². The highest BCUT2D eigenvalue weighted by molar-refractivity contribution is 5.03. The average molecular weight is 242 g/mol. The molecule has 0 radical (unpaired) electrons. The molecule has 0 saturated heterocycles. The zero-order chi connectivity index (χ0) is 13.1. The van der Waals surface area contributed by atoms with Crippen LogP contribution in [0.25, 0.3) is 0 Å². The molecule has 3 nitrogen and oxygen atoms in total. The van der Waals surface area contributed by atoms with Gasteiger partial charge in [0.1, 0.15) is 0 Å². The van der Waals surface area contributed by atoms with Crippen molar-refractivity contribution in [2.45, 2.75) is 71.6 Å². The van der Waals surface area contributed by atoms with Gasteiger partial charge in [-0.25, -0.2) is 0 Å². The van der Waals surface area contributed by atoms with Crippen molar-refractivity contribution in [3.63, 3.8) is 0 Å². The van der Waals surface area contributed by atoms with E-state index in [1.807, 2.05) is 0 Å². The van der Waals surface area contributed by atoms with Gasteiger partial charge in [0, 0.05) is 30.1 Å². The lowest BCUT2D eigenvalue weighted by Gasteiger charge is -2.52. The summed E-state index contributed by atoms with van der Waals surface area (Å²) < 4.78 is 5.73. The van der Waals surface area contributed by atoms with Crippen molar-refractivity contribution in [2.24, 2.45) is 11.1 Å². The van der Waals surface area contributed by atoms with Gasteiger partial charge in [0.25, 0.3) is 0 Å². The molecule has 0 bridgehead atoms. The second-order valence-corrected chi connectivity index (χ2v) is 6.34. The molecule has 0 aliphatic heterocycles. The maximum atomic E-state index is 6.24. The maximum absolute atomic E-state index is 6.24. The highest BCUT2D eigenvalue weighted by atomic mass is 16.5. The SMILES string of the molecule is CCCC(C)(N)CNC1CC(OCC)C1(C)C. The van der Waals surface area contributed by atoms with Crippen molar-refractivity contribution in [1.82, 2.24) is 5.32 Å². The molecular formula is C14H30N2O. The van der Waals surface area contributed by atoms with E-state index in [9.17, 15) is 0 Å². The third-order valence-electron chi connectivity index (χ3n) is 4.12. The zero-order valence-corrected chi connectivity index (χ0v) is 12.2. The van der Waals surface area contributed by atoms with Gasteiger partial charge in [-0.1, -0.05) is 27.2 Å². The first kappa shape index (κ1) is 14.9. The van der Waals surface area contributed by atoms with Crippen LogP contribution in [0.15, 0.2) is 0 Å². The number of nitrogens with one attached hydrogen (secondary N) is 1. The lowest BCUT2D eigenvalue weighted by atomic mass is 9.64. The summed E-state index contributed by atoms with van der Waals surface area (Å²) >= 11 is 0. The number of ether oxygens (including phenoxy) is 1. The van der Waals surface area contributed by atoms with E-state index in [4.69, 9.17) is 10.5 Å². The third-order valence-corrected chi connectivity index (χ3v) is 4.12. The highest BCUT2D eigenvalue weighted by Gasteiger charge is 2.48. The number of rotatable bonds is 7. The van der Waals surface area contributed by atoms with Crippen molar-refractivity contribution in [3.8, 4) is 0 Å². The Kier molecular flexibility index (Phi) is 4.99. The Hall–Kier alpha value is -0.120. The fourth-order valence-electron chi connectivity index (χ4n) is 2.73. The Morgan fingerprint density at radius 2 is 2.06 bits per heavy atom. The predicted octanol–water partition coefficient (Wildman–Crippen LogP) is 2.30. The molecule has 3 N–H and O–H groups in total. The van der Waals surface area contributed by atoms with Crippen LogP contribution in [-0.2, 0) is 4.74 Å². The number of hydrogen-bond acceptors (Lipinski definition) is 3. The normalized spacial score (nSPS) is 30.7. The highest BCUT2D eigenvalue weighted by Crippen LogP contribution is 2.42. The fraction of sp³-hybridized carbons (Fsp3) is 1.00. The second kappa shape index (κ2) is 5.68. The van der Waals surface area contributed by atoms with Gasteiger partial charge in [0.05, 0.1) is 6.10 Å². The molecule has 0 aromatic rings. The molecule has 17 heavy (non-hydrogen) atoms. The van der Waals surface area contributed by atoms with E-state index in [1.165, 1.54) is 0 Å². The molecular weight excluding hydrogens is 212 g/mol. The monoisotopic (exact) mass is 242 g/mol. The van der Waals surface area contributed by atoms with Crippen LogP contribution in [0.4, 0.5) is 0 Å². The van der Waals surface area contributed by atoms with E-state index in [2.05, 4.69) is 39.9 Å². The summed E-state index contributed by atoms with van der Waals surface area (Å²) in [6, 6.07) is 0.541. The van der Waals surface area contributed by atoms with Crippen molar-refractivity contribution >= 4 is 0 Å². The third kappa shape index (κ3) is 3.67. The standard InChI is InChI=1S/C14H30N2O/c1-6-8-14(5,15)10-16-11-9-12(17-7-2)13(11,3)4/h11-12,16H,6-10,15H2,1-5H3. The maximum Gasteiger partial charge on any atom is 0.0655 e. The van der Waals surface area contributed by atoms with E-state index in [0.717, 1.165) is 32.4 Å². The predicted molar refractivity (Wildman–Crippen MR) is 73.1 cm³/mol. The van der Waals surface area contributed by atoms with Crippen molar-refractivity contribution < 1.29 is 4.74 Å². The number of hydrogen-bond donors (Lipinski definition) is 2. The molecule has 0 aromatic carbocycles.